The maximum absolute atomic E-state index is 11.4. The SMILES string of the molecule is COC(OC)[C@H](N)CC(=O)OC(C)(C)C. The number of hydrogen-bond donors (Lipinski definition) is 1. The van der Waals surface area contributed by atoms with Crippen molar-refractivity contribution in [1.82, 2.24) is 0 Å². The highest BCUT2D eigenvalue weighted by Crippen LogP contribution is 2.10. The first-order valence-corrected chi connectivity index (χ1v) is 4.83. The van der Waals surface area contributed by atoms with Gasteiger partial charge in [-0.3, -0.25) is 4.79 Å². The van der Waals surface area contributed by atoms with E-state index < -0.39 is 17.9 Å². The van der Waals surface area contributed by atoms with Crippen molar-refractivity contribution in [2.75, 3.05) is 14.2 Å². The summed E-state index contributed by atoms with van der Waals surface area (Å²) in [5.41, 5.74) is 5.21. The third-order valence-corrected chi connectivity index (χ3v) is 1.64. The zero-order valence-electron chi connectivity index (χ0n) is 10.1. The van der Waals surface area contributed by atoms with Crippen LogP contribution in [0.3, 0.4) is 0 Å². The Morgan fingerprint density at radius 1 is 1.27 bits per heavy atom. The molecule has 0 radical (unpaired) electrons. The fourth-order valence-corrected chi connectivity index (χ4v) is 1.12. The normalized spacial score (nSPS) is 14.1. The number of carbonyl (C=O) groups is 1. The molecule has 0 amide bonds. The minimum absolute atomic E-state index is 0.0730. The van der Waals surface area contributed by atoms with Crippen molar-refractivity contribution in [1.29, 1.82) is 0 Å². The Hall–Kier alpha value is -0.650. The van der Waals surface area contributed by atoms with Gasteiger partial charge in [-0.15, -0.1) is 0 Å². The van der Waals surface area contributed by atoms with Crippen molar-refractivity contribution >= 4 is 5.97 Å². The molecule has 0 saturated carbocycles. The Balaban J connectivity index is 4.06. The second-order valence-corrected chi connectivity index (χ2v) is 4.29. The highest BCUT2D eigenvalue weighted by Gasteiger charge is 2.23. The fourth-order valence-electron chi connectivity index (χ4n) is 1.12. The maximum atomic E-state index is 11.4. The summed E-state index contributed by atoms with van der Waals surface area (Å²) in [5, 5.41) is 0. The van der Waals surface area contributed by atoms with Crippen molar-refractivity contribution in [2.24, 2.45) is 5.73 Å². The van der Waals surface area contributed by atoms with Crippen LogP contribution in [0.1, 0.15) is 27.2 Å². The van der Waals surface area contributed by atoms with E-state index in [1.54, 1.807) is 20.8 Å². The summed E-state index contributed by atoms with van der Waals surface area (Å²) in [5.74, 6) is -0.353. The van der Waals surface area contributed by atoms with Crippen LogP contribution in [0, 0.1) is 0 Å². The van der Waals surface area contributed by atoms with Gasteiger partial charge in [-0.2, -0.15) is 0 Å². The number of rotatable bonds is 5. The van der Waals surface area contributed by atoms with E-state index in [-0.39, 0.29) is 12.4 Å². The first-order chi connectivity index (χ1) is 6.80. The molecule has 0 aliphatic heterocycles. The Labute approximate surface area is 90.9 Å². The first-order valence-electron chi connectivity index (χ1n) is 4.83. The van der Waals surface area contributed by atoms with Crippen LogP contribution in [0.2, 0.25) is 0 Å². The van der Waals surface area contributed by atoms with E-state index in [4.69, 9.17) is 19.9 Å². The Bertz CT molecular complexity index is 196. The van der Waals surface area contributed by atoms with Crippen molar-refractivity contribution < 1.29 is 19.0 Å². The van der Waals surface area contributed by atoms with E-state index in [2.05, 4.69) is 0 Å². The van der Waals surface area contributed by atoms with Gasteiger partial charge >= 0.3 is 5.97 Å². The zero-order chi connectivity index (χ0) is 12.1. The largest absolute Gasteiger partial charge is 0.460 e. The van der Waals surface area contributed by atoms with Gasteiger partial charge in [-0.05, 0) is 20.8 Å². The summed E-state index contributed by atoms with van der Waals surface area (Å²) in [6.45, 7) is 5.42. The van der Waals surface area contributed by atoms with Crippen LogP contribution in [0.15, 0.2) is 0 Å². The lowest BCUT2D eigenvalue weighted by Gasteiger charge is -2.23. The van der Waals surface area contributed by atoms with Gasteiger partial charge in [0.05, 0.1) is 12.5 Å². The smallest absolute Gasteiger partial charge is 0.308 e. The van der Waals surface area contributed by atoms with E-state index in [0.29, 0.717) is 0 Å². The van der Waals surface area contributed by atoms with E-state index in [9.17, 15) is 4.79 Å². The number of nitrogens with two attached hydrogens (primary N) is 1. The van der Waals surface area contributed by atoms with Gasteiger partial charge in [0.2, 0.25) is 0 Å². The molecule has 0 spiro atoms. The Morgan fingerprint density at radius 3 is 2.07 bits per heavy atom. The highest BCUT2D eigenvalue weighted by atomic mass is 16.7. The van der Waals surface area contributed by atoms with Gasteiger partial charge in [-0.1, -0.05) is 0 Å². The van der Waals surface area contributed by atoms with Crippen LogP contribution in [-0.2, 0) is 19.0 Å². The molecule has 0 fully saturated rings. The molecule has 0 bridgehead atoms. The molecule has 0 heterocycles. The quantitative estimate of drug-likeness (QED) is 0.543. The summed E-state index contributed by atoms with van der Waals surface area (Å²) < 4.78 is 15.0. The molecule has 90 valence electrons. The molecular formula is C10H21NO4. The molecule has 0 aromatic heterocycles. The lowest BCUT2D eigenvalue weighted by atomic mass is 10.1. The third kappa shape index (κ3) is 6.43. The first kappa shape index (κ1) is 14.3. The van der Waals surface area contributed by atoms with Crippen LogP contribution >= 0.6 is 0 Å². The Kier molecular flexibility index (Phi) is 5.79. The molecule has 0 aromatic rings. The predicted octanol–water partition coefficient (Wildman–Crippen LogP) is 0.664. The van der Waals surface area contributed by atoms with Crippen LogP contribution in [0.5, 0.6) is 0 Å². The molecule has 0 rings (SSSR count). The number of hydrogen-bond acceptors (Lipinski definition) is 5. The van der Waals surface area contributed by atoms with Crippen molar-refractivity contribution in [3.05, 3.63) is 0 Å². The summed E-state index contributed by atoms with van der Waals surface area (Å²) >= 11 is 0. The highest BCUT2D eigenvalue weighted by molar-refractivity contribution is 5.70. The minimum Gasteiger partial charge on any atom is -0.460 e. The van der Waals surface area contributed by atoms with Crippen LogP contribution in [0.4, 0.5) is 0 Å². The molecule has 0 aliphatic carbocycles. The number of carbonyl (C=O) groups excluding carboxylic acids is 1. The molecule has 15 heavy (non-hydrogen) atoms. The Morgan fingerprint density at radius 2 is 1.73 bits per heavy atom. The summed E-state index contributed by atoms with van der Waals surface area (Å²) in [4.78, 5) is 11.4. The van der Waals surface area contributed by atoms with Gasteiger partial charge in [0.1, 0.15) is 5.60 Å². The lowest BCUT2D eigenvalue weighted by molar-refractivity contribution is -0.161. The van der Waals surface area contributed by atoms with Crippen LogP contribution in [-0.4, -0.2) is 38.1 Å². The summed E-state index contributed by atoms with van der Waals surface area (Å²) in [7, 11) is 2.95. The maximum Gasteiger partial charge on any atom is 0.308 e. The standard InChI is InChI=1S/C10H21NO4/c1-10(2,3)15-8(12)6-7(11)9(13-4)14-5/h7,9H,6,11H2,1-5H3/t7-/m1/s1. The summed E-state index contributed by atoms with van der Waals surface area (Å²) in [6, 6.07) is -0.519. The molecular weight excluding hydrogens is 198 g/mol. The monoisotopic (exact) mass is 219 g/mol. The fraction of sp³-hybridized carbons (Fsp3) is 0.900. The molecule has 0 aliphatic rings. The van der Waals surface area contributed by atoms with Crippen molar-refractivity contribution in [2.45, 2.75) is 45.1 Å². The number of methoxy groups -OCH3 is 2. The molecule has 5 heteroatoms. The van der Waals surface area contributed by atoms with E-state index >= 15 is 0 Å². The summed E-state index contributed by atoms with van der Waals surface area (Å²) in [6.07, 6.45) is -0.513. The van der Waals surface area contributed by atoms with Crippen LogP contribution in [0.25, 0.3) is 0 Å². The average molecular weight is 219 g/mol. The molecule has 0 saturated heterocycles. The molecule has 0 aromatic carbocycles. The molecule has 5 nitrogen and oxygen atoms in total. The number of esters is 1. The number of ether oxygens (including phenoxy) is 3. The average Bonchev–Trinajstić information content (AvgIpc) is 2.02. The van der Waals surface area contributed by atoms with Gasteiger partial charge in [-0.25, -0.2) is 0 Å². The predicted molar refractivity (Wildman–Crippen MR) is 56.2 cm³/mol. The van der Waals surface area contributed by atoms with Gasteiger partial charge in [0.25, 0.3) is 0 Å². The third-order valence-electron chi connectivity index (χ3n) is 1.64. The second kappa shape index (κ2) is 6.05. The minimum atomic E-state index is -0.586. The van der Waals surface area contributed by atoms with Gasteiger partial charge in [0, 0.05) is 14.2 Å². The lowest BCUT2D eigenvalue weighted by Crippen LogP contribution is -2.40. The zero-order valence-corrected chi connectivity index (χ0v) is 10.1. The van der Waals surface area contributed by atoms with E-state index in [1.165, 1.54) is 14.2 Å². The van der Waals surface area contributed by atoms with E-state index in [0.717, 1.165) is 0 Å². The van der Waals surface area contributed by atoms with Gasteiger partial charge in [0.15, 0.2) is 6.29 Å². The van der Waals surface area contributed by atoms with Crippen molar-refractivity contribution in [3.8, 4) is 0 Å². The van der Waals surface area contributed by atoms with Crippen molar-refractivity contribution in [3.63, 3.8) is 0 Å². The molecule has 2 N–H and O–H groups in total. The van der Waals surface area contributed by atoms with Crippen LogP contribution < -0.4 is 5.73 Å². The van der Waals surface area contributed by atoms with Gasteiger partial charge < -0.3 is 19.9 Å². The molecule has 0 unspecified atom stereocenters. The topological polar surface area (TPSA) is 70.8 Å². The second-order valence-electron chi connectivity index (χ2n) is 4.29. The molecule has 1 atom stereocenters. The van der Waals surface area contributed by atoms with E-state index in [1.807, 2.05) is 0 Å².